The van der Waals surface area contributed by atoms with Crippen molar-refractivity contribution in [1.82, 2.24) is 4.57 Å². The summed E-state index contributed by atoms with van der Waals surface area (Å²) >= 11 is 2.20. The van der Waals surface area contributed by atoms with E-state index >= 15 is 0 Å². The molecule has 3 atom stereocenters. The Labute approximate surface area is 238 Å². The number of thiazole rings is 1. The number of anilines is 2. The molecule has 1 saturated heterocycles. The second-order valence-corrected chi connectivity index (χ2v) is 11.7. The van der Waals surface area contributed by atoms with Crippen molar-refractivity contribution in [1.29, 1.82) is 0 Å². The summed E-state index contributed by atoms with van der Waals surface area (Å²) < 4.78 is 7.07. The van der Waals surface area contributed by atoms with Gasteiger partial charge in [0.15, 0.2) is 0 Å². The van der Waals surface area contributed by atoms with Crippen LogP contribution in [-0.4, -0.2) is 34.6 Å². The van der Waals surface area contributed by atoms with Crippen LogP contribution in [0.5, 0.6) is 5.75 Å². The highest BCUT2D eigenvalue weighted by Gasteiger charge is 2.57. The van der Waals surface area contributed by atoms with Gasteiger partial charge in [-0.2, -0.15) is 0 Å². The SMILES string of the molecule is COc1ccccc1[C@@H]1c2sc(=O)n(CC(=O)Nc3ccccc3C)c2S[C@H]2C(=O)N(c3ccccc3)C(=O)[C@@H]12. The molecule has 2 aliphatic rings. The summed E-state index contributed by atoms with van der Waals surface area (Å²) in [5, 5.41) is 2.64. The molecular formula is C30H25N3O5S2. The molecule has 202 valence electrons. The fraction of sp³-hybridized carbons (Fsp3) is 0.200. The van der Waals surface area contributed by atoms with E-state index in [0.717, 1.165) is 22.5 Å². The van der Waals surface area contributed by atoms with Gasteiger partial charge in [-0.05, 0) is 36.8 Å². The molecule has 6 rings (SSSR count). The van der Waals surface area contributed by atoms with Gasteiger partial charge in [-0.25, -0.2) is 4.90 Å². The lowest BCUT2D eigenvalue weighted by molar-refractivity contribution is -0.122. The highest BCUT2D eigenvalue weighted by molar-refractivity contribution is 8.00. The van der Waals surface area contributed by atoms with Gasteiger partial charge >= 0.3 is 4.87 Å². The molecular weight excluding hydrogens is 546 g/mol. The van der Waals surface area contributed by atoms with Crippen molar-refractivity contribution in [3.8, 4) is 5.75 Å². The lowest BCUT2D eigenvalue weighted by atomic mass is 9.82. The molecule has 0 unspecified atom stereocenters. The average Bonchev–Trinajstić information content (AvgIpc) is 3.40. The molecule has 0 saturated carbocycles. The fourth-order valence-corrected chi connectivity index (χ4v) is 8.16. The minimum absolute atomic E-state index is 0.216. The van der Waals surface area contributed by atoms with E-state index in [2.05, 4.69) is 5.32 Å². The second kappa shape index (κ2) is 10.4. The van der Waals surface area contributed by atoms with Gasteiger partial charge in [0.2, 0.25) is 17.7 Å². The number of hydrogen-bond acceptors (Lipinski definition) is 7. The molecule has 1 fully saturated rings. The van der Waals surface area contributed by atoms with Crippen LogP contribution in [-0.2, 0) is 20.9 Å². The Balaban J connectivity index is 1.44. The summed E-state index contributed by atoms with van der Waals surface area (Å²) in [7, 11) is 1.55. The van der Waals surface area contributed by atoms with Crippen LogP contribution in [0.15, 0.2) is 88.7 Å². The summed E-state index contributed by atoms with van der Waals surface area (Å²) in [5.74, 6) is -1.79. The highest BCUT2D eigenvalue weighted by atomic mass is 32.2. The standard InChI is InChI=1S/C30H25N3O5S2/c1-17-10-6-8-14-20(17)31-22(34)16-32-29-26(40-30(32)37)23(19-13-7-9-15-21(19)38-2)24-25(39-29)28(36)33(27(24)35)18-11-4-3-5-12-18/h3-15,23-25H,16H2,1-2H3,(H,31,34)/t23-,24-,25+/m0/s1. The number of thioether (sulfide) groups is 1. The van der Waals surface area contributed by atoms with Gasteiger partial charge < -0.3 is 10.1 Å². The Bertz CT molecular complexity index is 1700. The third-order valence-corrected chi connectivity index (χ3v) is 9.86. The number of benzene rings is 3. The number of para-hydroxylation sites is 3. The van der Waals surface area contributed by atoms with E-state index in [9.17, 15) is 19.2 Å². The first-order valence-corrected chi connectivity index (χ1v) is 14.4. The van der Waals surface area contributed by atoms with Crippen LogP contribution in [0.25, 0.3) is 0 Å². The number of hydrogen-bond donors (Lipinski definition) is 1. The number of fused-ring (bicyclic) bond motifs is 2. The lowest BCUT2D eigenvalue weighted by Crippen LogP contribution is -2.33. The molecule has 0 radical (unpaired) electrons. The summed E-state index contributed by atoms with van der Waals surface area (Å²) in [4.78, 5) is 55.7. The highest BCUT2D eigenvalue weighted by Crippen LogP contribution is 2.55. The number of amides is 3. The normalized spacial score (nSPS) is 19.8. The molecule has 1 aromatic heterocycles. The van der Waals surface area contributed by atoms with Crippen LogP contribution >= 0.6 is 23.1 Å². The van der Waals surface area contributed by atoms with Crippen molar-refractivity contribution in [2.75, 3.05) is 17.3 Å². The molecule has 8 nitrogen and oxygen atoms in total. The predicted molar refractivity (Wildman–Crippen MR) is 155 cm³/mol. The van der Waals surface area contributed by atoms with E-state index in [-0.39, 0.29) is 29.1 Å². The van der Waals surface area contributed by atoms with Gasteiger partial charge in [0, 0.05) is 22.0 Å². The number of methoxy groups -OCH3 is 1. The van der Waals surface area contributed by atoms with Crippen molar-refractivity contribution in [2.45, 2.75) is 29.7 Å². The number of nitrogens with zero attached hydrogens (tertiary/aromatic N) is 2. The first-order chi connectivity index (χ1) is 19.4. The van der Waals surface area contributed by atoms with Crippen LogP contribution in [0.4, 0.5) is 11.4 Å². The zero-order valence-electron chi connectivity index (χ0n) is 21.7. The number of imide groups is 1. The summed E-state index contributed by atoms with van der Waals surface area (Å²) in [5.41, 5.74) is 2.79. The van der Waals surface area contributed by atoms with Crippen molar-refractivity contribution in [3.05, 3.63) is 105 Å². The van der Waals surface area contributed by atoms with Crippen molar-refractivity contribution >= 4 is 52.2 Å². The molecule has 0 spiro atoms. The largest absolute Gasteiger partial charge is 0.496 e. The minimum Gasteiger partial charge on any atom is -0.496 e. The van der Waals surface area contributed by atoms with Gasteiger partial charge in [0.05, 0.1) is 23.7 Å². The van der Waals surface area contributed by atoms with Gasteiger partial charge in [-0.3, -0.25) is 23.7 Å². The molecule has 3 amide bonds. The quantitative estimate of drug-likeness (QED) is 0.338. The molecule has 1 N–H and O–H groups in total. The van der Waals surface area contributed by atoms with E-state index in [1.165, 1.54) is 21.2 Å². The Morgan fingerprint density at radius 1 is 0.925 bits per heavy atom. The van der Waals surface area contributed by atoms with Crippen LogP contribution < -0.4 is 19.8 Å². The van der Waals surface area contributed by atoms with Crippen molar-refractivity contribution in [2.24, 2.45) is 5.92 Å². The maximum absolute atomic E-state index is 14.0. The molecule has 4 aromatic rings. The van der Waals surface area contributed by atoms with Crippen molar-refractivity contribution in [3.63, 3.8) is 0 Å². The van der Waals surface area contributed by atoms with E-state index in [4.69, 9.17) is 4.74 Å². The molecule has 10 heteroatoms. The molecule has 0 bridgehead atoms. The third-order valence-electron chi connectivity index (χ3n) is 7.26. The van der Waals surface area contributed by atoms with Crippen LogP contribution in [0.1, 0.15) is 21.9 Å². The van der Waals surface area contributed by atoms with E-state index in [0.29, 0.717) is 27.0 Å². The van der Waals surface area contributed by atoms with Crippen LogP contribution in [0.3, 0.4) is 0 Å². The summed E-state index contributed by atoms with van der Waals surface area (Å²) in [6, 6.07) is 23.6. The first-order valence-electron chi connectivity index (χ1n) is 12.7. The smallest absolute Gasteiger partial charge is 0.308 e. The van der Waals surface area contributed by atoms with Gasteiger partial charge in [0.1, 0.15) is 17.5 Å². The van der Waals surface area contributed by atoms with Crippen LogP contribution in [0, 0.1) is 12.8 Å². The Morgan fingerprint density at radius 2 is 1.62 bits per heavy atom. The van der Waals surface area contributed by atoms with E-state index < -0.39 is 17.1 Å². The fourth-order valence-electron chi connectivity index (χ4n) is 5.39. The Hall–Kier alpha value is -4.15. The lowest BCUT2D eigenvalue weighted by Gasteiger charge is -2.31. The number of carbonyl (C=O) groups excluding carboxylic acids is 3. The maximum Gasteiger partial charge on any atom is 0.308 e. The second-order valence-electron chi connectivity index (χ2n) is 9.62. The summed E-state index contributed by atoms with van der Waals surface area (Å²) in [6.07, 6.45) is 0. The monoisotopic (exact) mass is 571 g/mol. The molecule has 3 heterocycles. The van der Waals surface area contributed by atoms with Gasteiger partial charge in [0.25, 0.3) is 0 Å². The zero-order valence-corrected chi connectivity index (χ0v) is 23.3. The number of aromatic nitrogens is 1. The topological polar surface area (TPSA) is 97.7 Å². The minimum atomic E-state index is -0.769. The number of rotatable bonds is 6. The van der Waals surface area contributed by atoms with E-state index in [1.807, 2.05) is 49.4 Å². The predicted octanol–water partition coefficient (Wildman–Crippen LogP) is 4.66. The zero-order chi connectivity index (χ0) is 28.0. The van der Waals surface area contributed by atoms with Crippen molar-refractivity contribution < 1.29 is 19.1 Å². The first kappa shape index (κ1) is 26.1. The Morgan fingerprint density at radius 3 is 2.38 bits per heavy atom. The van der Waals surface area contributed by atoms with E-state index in [1.54, 1.807) is 43.5 Å². The number of nitrogens with one attached hydrogen (secondary N) is 1. The number of carbonyl (C=O) groups is 3. The maximum atomic E-state index is 14.0. The number of aryl methyl sites for hydroxylation is 1. The number of ether oxygens (including phenoxy) is 1. The third kappa shape index (κ3) is 4.33. The summed E-state index contributed by atoms with van der Waals surface area (Å²) in [6.45, 7) is 1.68. The van der Waals surface area contributed by atoms with Gasteiger partial charge in [-0.1, -0.05) is 77.7 Å². The molecule has 2 aliphatic heterocycles. The molecule has 40 heavy (non-hydrogen) atoms. The Kier molecular flexibility index (Phi) is 6.81. The van der Waals surface area contributed by atoms with Crippen LogP contribution in [0.2, 0.25) is 0 Å². The molecule has 0 aliphatic carbocycles. The average molecular weight is 572 g/mol. The molecule has 3 aromatic carbocycles. The van der Waals surface area contributed by atoms with Gasteiger partial charge in [-0.15, -0.1) is 0 Å².